The number of aromatic nitrogens is 2. The summed E-state index contributed by atoms with van der Waals surface area (Å²) in [5.74, 6) is 0. The normalized spacial score (nSPS) is 11.9. The van der Waals surface area contributed by atoms with Crippen molar-refractivity contribution in [2.45, 2.75) is 40.8 Å². The summed E-state index contributed by atoms with van der Waals surface area (Å²) in [4.78, 5) is 0. The molecule has 0 atom stereocenters. The minimum absolute atomic E-state index is 0.425. The van der Waals surface area contributed by atoms with Crippen LogP contribution in [0.15, 0.2) is 152 Å². The second kappa shape index (κ2) is 14.1. The first-order chi connectivity index (χ1) is 29.4. The van der Waals surface area contributed by atoms with E-state index in [4.69, 9.17) is 0 Å². The van der Waals surface area contributed by atoms with Crippen molar-refractivity contribution in [3.8, 4) is 50.8 Å². The summed E-state index contributed by atoms with van der Waals surface area (Å²) in [6, 6.07) is 52.7. The van der Waals surface area contributed by atoms with Crippen LogP contribution < -0.4 is 0 Å². The summed E-state index contributed by atoms with van der Waals surface area (Å²) >= 11 is 0. The fraction of sp³-hybridized carbons (Fsp3) is 0.109. The van der Waals surface area contributed by atoms with Crippen molar-refractivity contribution in [2.75, 3.05) is 0 Å². The lowest BCUT2D eigenvalue weighted by atomic mass is 9.93. The summed E-state index contributed by atoms with van der Waals surface area (Å²) in [7, 11) is 0. The third kappa shape index (κ3) is 6.36. The molecule has 0 saturated heterocycles. The molecular formula is C55H40F3N3. The first kappa shape index (κ1) is 37.9. The number of rotatable bonds is 5. The van der Waals surface area contributed by atoms with Crippen molar-refractivity contribution in [3.05, 3.63) is 191 Å². The molecular weight excluding hydrogens is 760 g/mol. The molecule has 8 aromatic carbocycles. The van der Waals surface area contributed by atoms with Gasteiger partial charge in [-0.2, -0.15) is 18.4 Å². The maximum Gasteiger partial charge on any atom is 0.416 e. The molecule has 0 aliphatic rings. The van der Waals surface area contributed by atoms with Crippen LogP contribution in [0.25, 0.3) is 88.4 Å². The predicted molar refractivity (Wildman–Crippen MR) is 245 cm³/mol. The van der Waals surface area contributed by atoms with E-state index in [1.165, 1.54) is 28.3 Å². The van der Waals surface area contributed by atoms with Crippen LogP contribution in [-0.4, -0.2) is 9.13 Å². The lowest BCUT2D eigenvalue weighted by molar-refractivity contribution is -0.137. The SMILES string of the molecule is Cc1cc(C)cc(-c2ccc3c(c2)c2ccccc2n3-c2cc(C#N)cc(-n3c4ccccc4c4cc(-c5cc(C)cc(C)c5)ccc43)c2-c2ccc(C(F)(F)F)cc2C)c1. The molecule has 0 aliphatic heterocycles. The van der Waals surface area contributed by atoms with Crippen LogP contribution >= 0.6 is 0 Å². The van der Waals surface area contributed by atoms with Crippen LogP contribution in [0.1, 0.15) is 38.9 Å². The Morgan fingerprint density at radius 2 is 0.885 bits per heavy atom. The van der Waals surface area contributed by atoms with Crippen molar-refractivity contribution >= 4 is 43.6 Å². The van der Waals surface area contributed by atoms with Gasteiger partial charge >= 0.3 is 6.18 Å². The van der Waals surface area contributed by atoms with E-state index < -0.39 is 11.7 Å². The molecule has 0 saturated carbocycles. The molecule has 10 rings (SSSR count). The average Bonchev–Trinajstić information content (AvgIpc) is 3.74. The quantitative estimate of drug-likeness (QED) is 0.171. The Morgan fingerprint density at radius 1 is 0.443 bits per heavy atom. The number of nitrogens with zero attached hydrogens (tertiary/aromatic N) is 3. The zero-order valence-corrected chi connectivity index (χ0v) is 34.4. The highest BCUT2D eigenvalue weighted by Gasteiger charge is 2.32. The average molecular weight is 800 g/mol. The molecule has 3 nitrogen and oxygen atoms in total. The minimum Gasteiger partial charge on any atom is -0.308 e. The number of hydrogen-bond donors (Lipinski definition) is 0. The minimum atomic E-state index is -4.51. The van der Waals surface area contributed by atoms with Gasteiger partial charge in [0.2, 0.25) is 0 Å². The standard InChI is InChI=1S/C55H40F3N3/c1-32-20-33(2)23-40(22-32)38-14-18-50-46(29-38)44-10-6-8-12-48(44)60(50)52-27-37(31-59)28-53(54(52)43-17-16-42(26-36(43)5)55(56,57)58)61-49-13-9-7-11-45(49)47-30-39(15-19-51(47)61)41-24-34(3)21-35(4)25-41/h6-30H,1-5H3. The van der Waals surface area contributed by atoms with Crippen LogP contribution in [0.3, 0.4) is 0 Å². The Bertz CT molecular complexity index is 3250. The molecule has 0 aliphatic carbocycles. The van der Waals surface area contributed by atoms with Gasteiger partial charge in [0, 0.05) is 27.1 Å². The highest BCUT2D eigenvalue weighted by atomic mass is 19.4. The van der Waals surface area contributed by atoms with E-state index >= 15 is 0 Å². The lowest BCUT2D eigenvalue weighted by Gasteiger charge is -2.22. The lowest BCUT2D eigenvalue weighted by Crippen LogP contribution is -2.08. The molecule has 0 bridgehead atoms. The zero-order chi connectivity index (χ0) is 42.3. The van der Waals surface area contributed by atoms with Crippen LogP contribution in [0.5, 0.6) is 0 Å². The third-order valence-corrected chi connectivity index (χ3v) is 12.0. The highest BCUT2D eigenvalue weighted by Crippen LogP contribution is 2.45. The van der Waals surface area contributed by atoms with Crippen molar-refractivity contribution in [2.24, 2.45) is 0 Å². The van der Waals surface area contributed by atoms with Crippen LogP contribution in [-0.2, 0) is 6.18 Å². The summed E-state index contributed by atoms with van der Waals surface area (Å²) in [5.41, 5.74) is 15.7. The molecule has 296 valence electrons. The Labute approximate surface area is 352 Å². The maximum absolute atomic E-state index is 14.3. The van der Waals surface area contributed by atoms with Crippen LogP contribution in [0, 0.1) is 45.9 Å². The van der Waals surface area contributed by atoms with Gasteiger partial charge in [0.05, 0.1) is 50.6 Å². The summed E-state index contributed by atoms with van der Waals surface area (Å²) < 4.78 is 47.1. The molecule has 10 aromatic rings. The zero-order valence-electron chi connectivity index (χ0n) is 34.4. The van der Waals surface area contributed by atoms with E-state index in [0.29, 0.717) is 33.6 Å². The summed E-state index contributed by atoms with van der Waals surface area (Å²) in [5, 5.41) is 14.9. The summed E-state index contributed by atoms with van der Waals surface area (Å²) in [6.07, 6.45) is -4.51. The number of para-hydroxylation sites is 2. The molecule has 0 N–H and O–H groups in total. The summed E-state index contributed by atoms with van der Waals surface area (Å²) in [6.45, 7) is 10.2. The third-order valence-electron chi connectivity index (χ3n) is 12.0. The van der Waals surface area contributed by atoms with Gasteiger partial charge < -0.3 is 9.13 Å². The molecule has 0 radical (unpaired) electrons. The van der Waals surface area contributed by atoms with Gasteiger partial charge in [-0.3, -0.25) is 0 Å². The number of halogens is 3. The van der Waals surface area contributed by atoms with Gasteiger partial charge in [0.15, 0.2) is 0 Å². The fourth-order valence-corrected chi connectivity index (χ4v) is 9.53. The van der Waals surface area contributed by atoms with Crippen LogP contribution in [0.2, 0.25) is 0 Å². The molecule has 2 aromatic heterocycles. The van der Waals surface area contributed by atoms with Gasteiger partial charge in [0.1, 0.15) is 0 Å². The Hall–Kier alpha value is -7.36. The first-order valence-electron chi connectivity index (χ1n) is 20.4. The second-order valence-electron chi connectivity index (χ2n) is 16.5. The van der Waals surface area contributed by atoms with Gasteiger partial charge in [0.25, 0.3) is 0 Å². The first-order valence-corrected chi connectivity index (χ1v) is 20.4. The van der Waals surface area contributed by atoms with E-state index in [0.717, 1.165) is 71.9 Å². The largest absolute Gasteiger partial charge is 0.416 e. The molecule has 0 amide bonds. The van der Waals surface area contributed by atoms with Gasteiger partial charge in [-0.1, -0.05) is 113 Å². The molecule has 0 unspecified atom stereocenters. The number of hydrogen-bond acceptors (Lipinski definition) is 1. The Morgan fingerprint density at radius 3 is 1.31 bits per heavy atom. The Balaban J connectivity index is 1.32. The van der Waals surface area contributed by atoms with Gasteiger partial charge in [-0.15, -0.1) is 0 Å². The van der Waals surface area contributed by atoms with Crippen LogP contribution in [0.4, 0.5) is 13.2 Å². The number of nitriles is 1. The van der Waals surface area contributed by atoms with E-state index in [1.807, 2.05) is 36.4 Å². The highest BCUT2D eigenvalue weighted by molar-refractivity contribution is 6.13. The van der Waals surface area contributed by atoms with Crippen molar-refractivity contribution in [3.63, 3.8) is 0 Å². The molecule has 2 heterocycles. The number of benzene rings is 8. The van der Waals surface area contributed by atoms with E-state index in [1.54, 1.807) is 13.0 Å². The van der Waals surface area contributed by atoms with E-state index in [9.17, 15) is 18.4 Å². The molecule has 61 heavy (non-hydrogen) atoms. The molecule has 6 heteroatoms. The molecule has 0 fully saturated rings. The topological polar surface area (TPSA) is 33.6 Å². The number of alkyl halides is 3. The predicted octanol–water partition coefficient (Wildman–Crippen LogP) is 15.3. The number of aryl methyl sites for hydroxylation is 5. The second-order valence-corrected chi connectivity index (χ2v) is 16.5. The monoisotopic (exact) mass is 799 g/mol. The Kier molecular flexibility index (Phi) is 8.78. The number of fused-ring (bicyclic) bond motifs is 6. The molecule has 0 spiro atoms. The van der Waals surface area contributed by atoms with Crippen molar-refractivity contribution < 1.29 is 13.2 Å². The maximum atomic E-state index is 14.3. The van der Waals surface area contributed by atoms with Gasteiger partial charge in [-0.05, 0) is 129 Å². The fourth-order valence-electron chi connectivity index (χ4n) is 9.53. The van der Waals surface area contributed by atoms with E-state index in [2.05, 4.69) is 140 Å². The smallest absolute Gasteiger partial charge is 0.308 e. The van der Waals surface area contributed by atoms with Crippen molar-refractivity contribution in [1.29, 1.82) is 5.26 Å². The van der Waals surface area contributed by atoms with E-state index in [-0.39, 0.29) is 0 Å². The van der Waals surface area contributed by atoms with Gasteiger partial charge in [-0.25, -0.2) is 0 Å². The van der Waals surface area contributed by atoms with Crippen molar-refractivity contribution in [1.82, 2.24) is 9.13 Å².